The Morgan fingerprint density at radius 1 is 0.964 bits per heavy atom. The summed E-state index contributed by atoms with van der Waals surface area (Å²) in [6.07, 6.45) is 4.50. The molecule has 7 heteroatoms. The molecule has 28 heavy (non-hydrogen) atoms. The number of benzene rings is 2. The lowest BCUT2D eigenvalue weighted by Gasteiger charge is -2.20. The van der Waals surface area contributed by atoms with Gasteiger partial charge in [-0.15, -0.1) is 0 Å². The summed E-state index contributed by atoms with van der Waals surface area (Å²) in [5.74, 6) is 0.390. The van der Waals surface area contributed by atoms with Gasteiger partial charge in [-0.05, 0) is 71.2 Å². The molecule has 5 nitrogen and oxygen atoms in total. The highest BCUT2D eigenvalue weighted by atomic mass is 79.9. The standard InChI is InChI=1S/C21H22Br2N2O3/c22-16-7-10-19(18(23)13-16)28-14-20(26)24-17-8-5-15(6-9-17)21(27)25-11-3-1-2-4-12-25/h5-10,13H,1-4,11-12,14H2,(H,24,26). The Hall–Kier alpha value is -1.86. The van der Waals surface area contributed by atoms with Gasteiger partial charge < -0.3 is 15.0 Å². The van der Waals surface area contributed by atoms with Gasteiger partial charge in [0.1, 0.15) is 5.75 Å². The minimum absolute atomic E-state index is 0.0585. The summed E-state index contributed by atoms with van der Waals surface area (Å²) in [7, 11) is 0. The van der Waals surface area contributed by atoms with Crippen molar-refractivity contribution in [1.82, 2.24) is 4.90 Å². The molecule has 148 valence electrons. The van der Waals surface area contributed by atoms with Crippen LogP contribution in [0.4, 0.5) is 5.69 Å². The van der Waals surface area contributed by atoms with Crippen molar-refractivity contribution >= 4 is 49.4 Å². The van der Waals surface area contributed by atoms with Crippen LogP contribution in [0.15, 0.2) is 51.4 Å². The molecule has 1 fully saturated rings. The van der Waals surface area contributed by atoms with Crippen LogP contribution in [0.5, 0.6) is 5.75 Å². The number of hydrogen-bond acceptors (Lipinski definition) is 3. The first-order valence-electron chi connectivity index (χ1n) is 9.30. The van der Waals surface area contributed by atoms with Crippen LogP contribution < -0.4 is 10.1 Å². The maximum absolute atomic E-state index is 12.6. The maximum atomic E-state index is 12.6. The Balaban J connectivity index is 1.53. The van der Waals surface area contributed by atoms with E-state index in [0.29, 0.717) is 17.0 Å². The van der Waals surface area contributed by atoms with Gasteiger partial charge in [0.05, 0.1) is 4.47 Å². The summed E-state index contributed by atoms with van der Waals surface area (Å²) in [6, 6.07) is 12.5. The van der Waals surface area contributed by atoms with E-state index in [-0.39, 0.29) is 18.4 Å². The van der Waals surface area contributed by atoms with Gasteiger partial charge in [-0.2, -0.15) is 0 Å². The zero-order chi connectivity index (χ0) is 19.9. The van der Waals surface area contributed by atoms with Crippen LogP contribution in [-0.2, 0) is 4.79 Å². The molecule has 0 aliphatic carbocycles. The fourth-order valence-corrected chi connectivity index (χ4v) is 4.25. The molecule has 1 aliphatic rings. The molecule has 0 spiro atoms. The van der Waals surface area contributed by atoms with Gasteiger partial charge >= 0.3 is 0 Å². The number of nitrogens with one attached hydrogen (secondary N) is 1. The average molecular weight is 510 g/mol. The third-order valence-electron chi connectivity index (χ3n) is 4.56. The lowest BCUT2D eigenvalue weighted by molar-refractivity contribution is -0.118. The highest BCUT2D eigenvalue weighted by Crippen LogP contribution is 2.28. The number of ether oxygens (including phenoxy) is 1. The second-order valence-corrected chi connectivity index (χ2v) is 8.47. The van der Waals surface area contributed by atoms with Crippen LogP contribution in [0.3, 0.4) is 0 Å². The number of likely N-dealkylation sites (tertiary alicyclic amines) is 1. The van der Waals surface area contributed by atoms with Crippen molar-refractivity contribution in [1.29, 1.82) is 0 Å². The molecule has 1 saturated heterocycles. The Bertz CT molecular complexity index is 832. The molecule has 0 aromatic heterocycles. The van der Waals surface area contributed by atoms with Crippen molar-refractivity contribution in [2.45, 2.75) is 25.7 Å². The normalized spacial score (nSPS) is 14.3. The van der Waals surface area contributed by atoms with E-state index in [0.717, 1.165) is 34.9 Å². The highest BCUT2D eigenvalue weighted by Gasteiger charge is 2.17. The highest BCUT2D eigenvalue weighted by molar-refractivity contribution is 9.11. The number of hydrogen-bond donors (Lipinski definition) is 1. The number of anilines is 1. The Morgan fingerprint density at radius 2 is 1.64 bits per heavy atom. The second-order valence-electron chi connectivity index (χ2n) is 6.70. The molecule has 2 amide bonds. The molecule has 2 aromatic rings. The van der Waals surface area contributed by atoms with E-state index >= 15 is 0 Å². The minimum Gasteiger partial charge on any atom is -0.483 e. The average Bonchev–Trinajstić information content (AvgIpc) is 2.97. The third-order valence-corrected chi connectivity index (χ3v) is 5.67. The summed E-state index contributed by atoms with van der Waals surface area (Å²) in [5.41, 5.74) is 1.28. The number of nitrogens with zero attached hydrogens (tertiary/aromatic N) is 1. The Kier molecular flexibility index (Phi) is 7.50. The fraction of sp³-hybridized carbons (Fsp3) is 0.333. The predicted octanol–water partition coefficient (Wildman–Crippen LogP) is 5.25. The number of rotatable bonds is 5. The molecule has 0 saturated carbocycles. The van der Waals surface area contributed by atoms with Gasteiger partial charge in [-0.25, -0.2) is 0 Å². The molecule has 1 heterocycles. The smallest absolute Gasteiger partial charge is 0.262 e. The van der Waals surface area contributed by atoms with E-state index in [2.05, 4.69) is 37.2 Å². The first-order chi connectivity index (χ1) is 13.5. The van der Waals surface area contributed by atoms with Crippen LogP contribution >= 0.6 is 31.9 Å². The van der Waals surface area contributed by atoms with Crippen LogP contribution in [0, 0.1) is 0 Å². The second kappa shape index (κ2) is 10.1. The zero-order valence-corrected chi connectivity index (χ0v) is 18.6. The van der Waals surface area contributed by atoms with Gasteiger partial charge in [-0.1, -0.05) is 28.8 Å². The van der Waals surface area contributed by atoms with Crippen molar-refractivity contribution in [3.8, 4) is 5.75 Å². The third kappa shape index (κ3) is 5.82. The van der Waals surface area contributed by atoms with Crippen molar-refractivity contribution in [2.75, 3.05) is 25.0 Å². The zero-order valence-electron chi connectivity index (χ0n) is 15.4. The van der Waals surface area contributed by atoms with Gasteiger partial charge in [0, 0.05) is 28.8 Å². The molecule has 0 atom stereocenters. The van der Waals surface area contributed by atoms with E-state index in [1.54, 1.807) is 30.3 Å². The van der Waals surface area contributed by atoms with Crippen LogP contribution in [0.25, 0.3) is 0 Å². The van der Waals surface area contributed by atoms with Crippen LogP contribution in [-0.4, -0.2) is 36.4 Å². The van der Waals surface area contributed by atoms with Gasteiger partial charge in [0.2, 0.25) is 0 Å². The number of carbonyl (C=O) groups is 2. The number of carbonyl (C=O) groups excluding carboxylic acids is 2. The fourth-order valence-electron chi connectivity index (χ4n) is 3.09. The van der Waals surface area contributed by atoms with E-state index in [4.69, 9.17) is 4.74 Å². The molecular formula is C21H22Br2N2O3. The Labute approximate surface area is 181 Å². The summed E-state index contributed by atoms with van der Waals surface area (Å²) in [5, 5.41) is 2.79. The maximum Gasteiger partial charge on any atom is 0.262 e. The van der Waals surface area contributed by atoms with Crippen molar-refractivity contribution in [3.05, 3.63) is 57.0 Å². The predicted molar refractivity (Wildman–Crippen MR) is 117 cm³/mol. The first-order valence-corrected chi connectivity index (χ1v) is 10.9. The largest absolute Gasteiger partial charge is 0.483 e. The molecule has 2 aromatic carbocycles. The van der Waals surface area contributed by atoms with Gasteiger partial charge in [0.15, 0.2) is 6.61 Å². The van der Waals surface area contributed by atoms with E-state index < -0.39 is 0 Å². The molecule has 0 radical (unpaired) electrons. The van der Waals surface area contributed by atoms with E-state index in [9.17, 15) is 9.59 Å². The SMILES string of the molecule is O=C(COc1ccc(Br)cc1Br)Nc1ccc(C(=O)N2CCCCCC2)cc1. The van der Waals surface area contributed by atoms with E-state index in [1.807, 2.05) is 17.0 Å². The first kappa shape index (κ1) is 20.9. The molecule has 1 aliphatic heterocycles. The van der Waals surface area contributed by atoms with Crippen molar-refractivity contribution in [2.24, 2.45) is 0 Å². The monoisotopic (exact) mass is 508 g/mol. The summed E-state index contributed by atoms with van der Waals surface area (Å²) >= 11 is 6.77. The molecule has 3 rings (SSSR count). The van der Waals surface area contributed by atoms with Gasteiger partial charge in [0.25, 0.3) is 11.8 Å². The minimum atomic E-state index is -0.263. The molecule has 0 unspecified atom stereocenters. The van der Waals surface area contributed by atoms with Crippen molar-refractivity contribution in [3.63, 3.8) is 0 Å². The summed E-state index contributed by atoms with van der Waals surface area (Å²) < 4.78 is 7.23. The lowest BCUT2D eigenvalue weighted by Crippen LogP contribution is -2.31. The van der Waals surface area contributed by atoms with Crippen molar-refractivity contribution < 1.29 is 14.3 Å². The number of halogens is 2. The van der Waals surface area contributed by atoms with Crippen LogP contribution in [0.2, 0.25) is 0 Å². The van der Waals surface area contributed by atoms with Crippen LogP contribution in [0.1, 0.15) is 36.0 Å². The lowest BCUT2D eigenvalue weighted by atomic mass is 10.1. The number of amides is 2. The molecule has 0 bridgehead atoms. The topological polar surface area (TPSA) is 58.6 Å². The molecular weight excluding hydrogens is 488 g/mol. The van der Waals surface area contributed by atoms with Gasteiger partial charge in [-0.3, -0.25) is 9.59 Å². The molecule has 1 N–H and O–H groups in total. The summed E-state index contributed by atoms with van der Waals surface area (Å²) in [4.78, 5) is 26.7. The summed E-state index contributed by atoms with van der Waals surface area (Å²) in [6.45, 7) is 1.54. The quantitative estimate of drug-likeness (QED) is 0.599. The Morgan fingerprint density at radius 3 is 2.29 bits per heavy atom. The van der Waals surface area contributed by atoms with E-state index in [1.165, 1.54) is 12.8 Å².